The van der Waals surface area contributed by atoms with Crippen molar-refractivity contribution in [3.05, 3.63) is 60.4 Å². The number of allylic oxidation sites excluding steroid dienone is 5. The second-order valence-electron chi connectivity index (χ2n) is 8.75. The Balaban J connectivity index is 1.81. The fourth-order valence-electron chi connectivity index (χ4n) is 3.83. The van der Waals surface area contributed by atoms with E-state index in [0.29, 0.717) is 0 Å². The maximum Gasteiger partial charge on any atom is 0.405 e. The van der Waals surface area contributed by atoms with Crippen molar-refractivity contribution in [3.8, 4) is 11.5 Å². The Hall–Kier alpha value is -4.16. The highest BCUT2D eigenvalue weighted by Gasteiger charge is 2.43. The number of nitrogens with zero attached hydrogens (tertiary/aromatic N) is 5. The minimum absolute atomic E-state index is 0.00903. The molecule has 8 nitrogen and oxygen atoms in total. The highest BCUT2D eigenvalue weighted by atomic mass is 19.4. The molecule has 0 saturated carbocycles. The molecule has 0 unspecified atom stereocenters. The van der Waals surface area contributed by atoms with Crippen LogP contribution in [0.2, 0.25) is 0 Å². The van der Waals surface area contributed by atoms with Gasteiger partial charge in [0.1, 0.15) is 35.5 Å². The van der Waals surface area contributed by atoms with Crippen molar-refractivity contribution in [2.24, 2.45) is 0 Å². The predicted molar refractivity (Wildman–Crippen MR) is 128 cm³/mol. The molecule has 1 amide bonds. The zero-order chi connectivity index (χ0) is 27.0. The smallest absolute Gasteiger partial charge is 0.361 e. The number of carbonyl (C=O) groups is 1. The van der Waals surface area contributed by atoms with E-state index in [9.17, 15) is 26.7 Å². The van der Waals surface area contributed by atoms with Crippen LogP contribution >= 0.6 is 0 Å². The van der Waals surface area contributed by atoms with Crippen molar-refractivity contribution in [2.45, 2.75) is 38.4 Å². The Kier molecular flexibility index (Phi) is 6.80. The van der Waals surface area contributed by atoms with Crippen LogP contribution < -0.4 is 10.6 Å². The van der Waals surface area contributed by atoms with Crippen molar-refractivity contribution in [2.75, 3.05) is 17.2 Å². The number of nitrogens with one attached hydrogen (secondary N) is 2. The molecule has 3 aromatic rings. The first kappa shape index (κ1) is 25.9. The molecule has 0 bridgehead atoms. The molecule has 2 N–H and O–H groups in total. The third-order valence-corrected chi connectivity index (χ3v) is 5.64. The average molecular weight is 519 g/mol. The minimum Gasteiger partial charge on any atom is -0.361 e. The Bertz CT molecular complexity index is 1440. The van der Waals surface area contributed by atoms with E-state index in [0.717, 1.165) is 12.3 Å². The number of pyridine rings is 1. The number of hydrogen-bond donors (Lipinski definition) is 2. The summed E-state index contributed by atoms with van der Waals surface area (Å²) in [6.45, 7) is 5.18. The summed E-state index contributed by atoms with van der Waals surface area (Å²) in [4.78, 5) is 25.1. The summed E-state index contributed by atoms with van der Waals surface area (Å²) in [5.41, 5.74) is -0.835. The minimum atomic E-state index is -4.56. The van der Waals surface area contributed by atoms with Gasteiger partial charge in [0.15, 0.2) is 11.5 Å². The first-order valence-electron chi connectivity index (χ1n) is 11.1. The zero-order valence-electron chi connectivity index (χ0n) is 19.8. The standard InChI is InChI=1S/C24H22F5N7O/c1-4-5-6-7-13(25)8-9-36-21-15(10-14(26)11-30-21)17(35-36)20-32-18(31-12-24(27,28)29)16-19(33-20)34-22(37)23(16,2)3/h4-7,10-11H,1,8-9,12H2,2-3H3,(H2,31,32,33,34,37)/b6-5-,13-7+. The monoisotopic (exact) mass is 519 g/mol. The summed E-state index contributed by atoms with van der Waals surface area (Å²) in [6, 6.07) is 1.13. The molecule has 194 valence electrons. The topological polar surface area (TPSA) is 97.6 Å². The van der Waals surface area contributed by atoms with Crippen LogP contribution in [0.1, 0.15) is 25.8 Å². The maximum atomic E-state index is 14.2. The lowest BCUT2D eigenvalue weighted by Gasteiger charge is -2.19. The van der Waals surface area contributed by atoms with Crippen LogP contribution in [0.4, 0.5) is 33.6 Å². The van der Waals surface area contributed by atoms with Gasteiger partial charge >= 0.3 is 6.18 Å². The molecule has 0 aliphatic carbocycles. The second kappa shape index (κ2) is 9.71. The van der Waals surface area contributed by atoms with Crippen molar-refractivity contribution in [1.29, 1.82) is 0 Å². The average Bonchev–Trinajstić information content (AvgIpc) is 3.29. The van der Waals surface area contributed by atoms with E-state index in [1.807, 2.05) is 0 Å². The predicted octanol–water partition coefficient (Wildman–Crippen LogP) is 5.22. The Labute approximate surface area is 208 Å². The zero-order valence-corrected chi connectivity index (χ0v) is 19.8. The number of rotatable bonds is 8. The first-order valence-corrected chi connectivity index (χ1v) is 11.1. The molecule has 0 spiro atoms. The Morgan fingerprint density at radius 1 is 1.27 bits per heavy atom. The second-order valence-corrected chi connectivity index (χ2v) is 8.75. The molecule has 13 heteroatoms. The van der Waals surface area contributed by atoms with Crippen molar-refractivity contribution >= 4 is 28.6 Å². The number of fused-ring (bicyclic) bond motifs is 2. The van der Waals surface area contributed by atoms with E-state index < -0.39 is 35.7 Å². The quantitative estimate of drug-likeness (QED) is 0.313. The third kappa shape index (κ3) is 5.34. The highest BCUT2D eigenvalue weighted by Crippen LogP contribution is 2.42. The molecule has 37 heavy (non-hydrogen) atoms. The third-order valence-electron chi connectivity index (χ3n) is 5.64. The molecule has 1 aliphatic rings. The van der Waals surface area contributed by atoms with E-state index in [-0.39, 0.29) is 52.7 Å². The van der Waals surface area contributed by atoms with Crippen molar-refractivity contribution in [3.63, 3.8) is 0 Å². The number of amides is 1. The molecular formula is C24H22F5N7O. The molecule has 0 atom stereocenters. The summed E-state index contributed by atoms with van der Waals surface area (Å²) >= 11 is 0. The van der Waals surface area contributed by atoms with Crippen molar-refractivity contribution in [1.82, 2.24) is 24.7 Å². The van der Waals surface area contributed by atoms with Gasteiger partial charge in [0.2, 0.25) is 5.91 Å². The fourth-order valence-corrected chi connectivity index (χ4v) is 3.83. The first-order chi connectivity index (χ1) is 17.4. The van der Waals surface area contributed by atoms with E-state index >= 15 is 0 Å². The van der Waals surface area contributed by atoms with Crippen LogP contribution in [-0.4, -0.2) is 43.4 Å². The maximum absolute atomic E-state index is 14.2. The van der Waals surface area contributed by atoms with E-state index in [1.165, 1.54) is 36.8 Å². The van der Waals surface area contributed by atoms with Crippen LogP contribution in [0.5, 0.6) is 0 Å². The lowest BCUT2D eigenvalue weighted by Crippen LogP contribution is -2.29. The number of aromatic nitrogens is 5. The molecule has 0 saturated heterocycles. The van der Waals surface area contributed by atoms with Crippen LogP contribution in [-0.2, 0) is 16.8 Å². The molecule has 3 aromatic heterocycles. The van der Waals surface area contributed by atoms with Crippen molar-refractivity contribution < 1.29 is 26.7 Å². The summed E-state index contributed by atoms with van der Waals surface area (Å²) in [7, 11) is 0. The molecule has 0 aromatic carbocycles. The molecule has 4 rings (SSSR count). The number of carbonyl (C=O) groups excluding carboxylic acids is 1. The van der Waals surface area contributed by atoms with Gasteiger partial charge in [0.05, 0.1) is 22.6 Å². The number of halogens is 5. The Morgan fingerprint density at radius 2 is 2.03 bits per heavy atom. The van der Waals surface area contributed by atoms with E-state index in [2.05, 4.69) is 37.3 Å². The van der Waals surface area contributed by atoms with Crippen LogP contribution in [0.15, 0.2) is 49.0 Å². The summed E-state index contributed by atoms with van der Waals surface area (Å²) in [6.07, 6.45) is 2.13. The normalized spacial score (nSPS) is 15.3. The van der Waals surface area contributed by atoms with E-state index in [1.54, 1.807) is 6.08 Å². The molecule has 0 fully saturated rings. The van der Waals surface area contributed by atoms with Gasteiger partial charge in [-0.25, -0.2) is 28.4 Å². The van der Waals surface area contributed by atoms with Gasteiger partial charge < -0.3 is 10.6 Å². The molecule has 1 aliphatic heterocycles. The molecular weight excluding hydrogens is 497 g/mol. The van der Waals surface area contributed by atoms with Gasteiger partial charge in [-0.2, -0.15) is 18.3 Å². The van der Waals surface area contributed by atoms with Crippen LogP contribution in [0.3, 0.4) is 0 Å². The van der Waals surface area contributed by atoms with Crippen LogP contribution in [0.25, 0.3) is 22.6 Å². The van der Waals surface area contributed by atoms with Gasteiger partial charge in [-0.3, -0.25) is 4.79 Å². The SMILES string of the molecule is C=C/C=C\C=C(\F)CCn1nc(-c2nc(NCC(F)(F)F)c3c(n2)NC(=O)C3(C)C)c2cc(F)cnc21. The van der Waals surface area contributed by atoms with Gasteiger partial charge in [0.25, 0.3) is 0 Å². The molecule has 0 radical (unpaired) electrons. The summed E-state index contributed by atoms with van der Waals surface area (Å²) in [5, 5.41) is 9.34. The number of anilines is 2. The largest absolute Gasteiger partial charge is 0.405 e. The van der Waals surface area contributed by atoms with Gasteiger partial charge in [-0.05, 0) is 26.0 Å². The summed E-state index contributed by atoms with van der Waals surface area (Å²) in [5.74, 6) is -1.99. The van der Waals surface area contributed by atoms with E-state index in [4.69, 9.17) is 0 Å². The van der Waals surface area contributed by atoms with Gasteiger partial charge in [0, 0.05) is 13.0 Å². The van der Waals surface area contributed by atoms with Gasteiger partial charge in [-0.1, -0.05) is 24.8 Å². The highest BCUT2D eigenvalue weighted by molar-refractivity contribution is 6.06. The Morgan fingerprint density at radius 3 is 2.73 bits per heavy atom. The van der Waals surface area contributed by atoms with Gasteiger partial charge in [-0.15, -0.1) is 0 Å². The fraction of sp³-hybridized carbons (Fsp3) is 0.292. The lowest BCUT2D eigenvalue weighted by molar-refractivity contribution is -0.119. The summed E-state index contributed by atoms with van der Waals surface area (Å²) < 4.78 is 68.6. The number of hydrogen-bond acceptors (Lipinski definition) is 6. The number of aryl methyl sites for hydroxylation is 1. The number of alkyl halides is 3. The molecule has 4 heterocycles. The van der Waals surface area contributed by atoms with Crippen LogP contribution in [0, 0.1) is 5.82 Å². The lowest BCUT2D eigenvalue weighted by atomic mass is 9.87.